The average molecular weight is 364 g/mol. The quantitative estimate of drug-likeness (QED) is 0.744. The number of benzene rings is 1. The smallest absolute Gasteiger partial charge is 0.265 e. The first-order valence-electron chi connectivity index (χ1n) is 8.79. The molecule has 0 saturated heterocycles. The zero-order valence-corrected chi connectivity index (χ0v) is 15.2. The van der Waals surface area contributed by atoms with Gasteiger partial charge in [0.05, 0.1) is 12.2 Å². The van der Waals surface area contributed by atoms with Crippen LogP contribution in [0.25, 0.3) is 5.65 Å². The predicted octanol–water partition coefficient (Wildman–Crippen LogP) is 2.15. The molecule has 3 aromatic rings. The highest BCUT2D eigenvalue weighted by molar-refractivity contribution is 5.94. The lowest BCUT2D eigenvalue weighted by Crippen LogP contribution is -2.25. The minimum absolute atomic E-state index is 0.0246. The minimum atomic E-state index is -0.409. The monoisotopic (exact) mass is 364 g/mol. The molecule has 0 atom stereocenters. The van der Waals surface area contributed by atoms with Gasteiger partial charge in [0.15, 0.2) is 0 Å². The number of fused-ring (bicyclic) bond motifs is 2. The first kappa shape index (κ1) is 17.2. The summed E-state index contributed by atoms with van der Waals surface area (Å²) in [5, 5.41) is 12.9. The van der Waals surface area contributed by atoms with Crippen molar-refractivity contribution in [2.45, 2.75) is 26.9 Å². The molecule has 0 saturated carbocycles. The number of aryl methyl sites for hydroxylation is 1. The van der Waals surface area contributed by atoms with Crippen molar-refractivity contribution in [1.82, 2.24) is 9.38 Å². The van der Waals surface area contributed by atoms with Crippen molar-refractivity contribution in [1.29, 1.82) is 0 Å². The second-order valence-electron chi connectivity index (χ2n) is 6.73. The Morgan fingerprint density at radius 2 is 2.11 bits per heavy atom. The van der Waals surface area contributed by atoms with Gasteiger partial charge in [0, 0.05) is 31.0 Å². The molecule has 27 heavy (non-hydrogen) atoms. The molecule has 2 N–H and O–H groups in total. The van der Waals surface area contributed by atoms with Crippen LogP contribution < -0.4 is 15.8 Å². The van der Waals surface area contributed by atoms with Gasteiger partial charge in [-0.25, -0.2) is 4.98 Å². The fourth-order valence-corrected chi connectivity index (χ4v) is 3.47. The number of anilines is 3. The predicted molar refractivity (Wildman–Crippen MR) is 104 cm³/mol. The number of hydrogen-bond donors (Lipinski definition) is 2. The van der Waals surface area contributed by atoms with Crippen LogP contribution >= 0.6 is 0 Å². The Bertz CT molecular complexity index is 1120. The van der Waals surface area contributed by atoms with E-state index in [1.54, 1.807) is 24.1 Å². The van der Waals surface area contributed by atoms with Gasteiger partial charge in [-0.05, 0) is 48.7 Å². The normalized spacial score (nSPS) is 13.1. The molecule has 1 aromatic carbocycles. The highest BCUT2D eigenvalue weighted by Gasteiger charge is 2.22. The van der Waals surface area contributed by atoms with Crippen LogP contribution in [-0.4, -0.2) is 26.9 Å². The molecule has 7 nitrogen and oxygen atoms in total. The first-order valence-corrected chi connectivity index (χ1v) is 8.79. The van der Waals surface area contributed by atoms with Gasteiger partial charge >= 0.3 is 0 Å². The maximum Gasteiger partial charge on any atom is 0.265 e. The molecule has 138 valence electrons. The van der Waals surface area contributed by atoms with Crippen molar-refractivity contribution in [3.05, 3.63) is 63.6 Å². The molecule has 1 aliphatic rings. The topological polar surface area (TPSA) is 86.9 Å². The largest absolute Gasteiger partial charge is 0.391 e. The molecule has 7 heteroatoms. The Kier molecular flexibility index (Phi) is 4.16. The van der Waals surface area contributed by atoms with Crippen LogP contribution in [0.15, 0.2) is 41.3 Å². The number of aliphatic hydroxyl groups is 1. The number of aliphatic hydroxyl groups excluding tert-OH is 1. The Hall–Kier alpha value is -3.19. The van der Waals surface area contributed by atoms with Gasteiger partial charge in [-0.15, -0.1) is 0 Å². The maximum absolute atomic E-state index is 12.7. The fraction of sp³-hybridized carbons (Fsp3) is 0.250. The summed E-state index contributed by atoms with van der Waals surface area (Å²) in [5.41, 5.74) is 4.10. The van der Waals surface area contributed by atoms with E-state index < -0.39 is 6.61 Å². The van der Waals surface area contributed by atoms with Gasteiger partial charge in [0.1, 0.15) is 11.5 Å². The maximum atomic E-state index is 12.7. The zero-order valence-electron chi connectivity index (χ0n) is 15.2. The third kappa shape index (κ3) is 2.96. The minimum Gasteiger partial charge on any atom is -0.391 e. The highest BCUT2D eigenvalue weighted by atomic mass is 16.3. The lowest BCUT2D eigenvalue weighted by Gasteiger charge is -2.16. The average Bonchev–Trinajstić information content (AvgIpc) is 3.06. The molecule has 0 radical (unpaired) electrons. The molecule has 4 rings (SSSR count). The van der Waals surface area contributed by atoms with Crippen LogP contribution in [0.2, 0.25) is 0 Å². The fourth-order valence-electron chi connectivity index (χ4n) is 3.47. The summed E-state index contributed by atoms with van der Waals surface area (Å²) < 4.78 is 1.44. The summed E-state index contributed by atoms with van der Waals surface area (Å²) >= 11 is 0. The number of nitrogens with one attached hydrogen (secondary N) is 1. The molecule has 0 bridgehead atoms. The molecular formula is C20H20N4O3. The third-order valence-corrected chi connectivity index (χ3v) is 4.84. The van der Waals surface area contributed by atoms with E-state index >= 15 is 0 Å². The second kappa shape index (κ2) is 6.51. The van der Waals surface area contributed by atoms with Gasteiger partial charge in [-0.1, -0.05) is 6.07 Å². The van der Waals surface area contributed by atoms with E-state index in [0.717, 1.165) is 28.9 Å². The SMILES string of the molecule is CC(=O)N1CCc2cc(Nc3nc4ccc(C)cn4c(=O)c3CO)ccc21. The Balaban J connectivity index is 1.75. The summed E-state index contributed by atoms with van der Waals surface area (Å²) in [7, 11) is 0. The van der Waals surface area contributed by atoms with Gasteiger partial charge in [0.25, 0.3) is 5.56 Å². The van der Waals surface area contributed by atoms with Crippen LogP contribution in [-0.2, 0) is 17.8 Å². The van der Waals surface area contributed by atoms with Crippen molar-refractivity contribution in [2.24, 2.45) is 0 Å². The van der Waals surface area contributed by atoms with E-state index in [2.05, 4.69) is 10.3 Å². The first-order chi connectivity index (χ1) is 13.0. The standard InChI is InChI=1S/C20H20N4O3/c1-12-3-6-18-22-19(16(11-25)20(27)24(18)10-12)21-15-4-5-17-14(9-15)7-8-23(17)13(2)26/h3-6,9-10,21,25H,7-8,11H2,1-2H3. The van der Waals surface area contributed by atoms with E-state index in [1.807, 2.05) is 31.2 Å². The molecule has 2 aromatic heterocycles. The lowest BCUT2D eigenvalue weighted by molar-refractivity contribution is -0.116. The van der Waals surface area contributed by atoms with E-state index in [9.17, 15) is 14.7 Å². The summed E-state index contributed by atoms with van der Waals surface area (Å²) in [6.07, 6.45) is 2.49. The Morgan fingerprint density at radius 1 is 1.30 bits per heavy atom. The van der Waals surface area contributed by atoms with Gasteiger partial charge < -0.3 is 15.3 Å². The molecule has 0 unspecified atom stereocenters. The van der Waals surface area contributed by atoms with Crippen LogP contribution in [0.1, 0.15) is 23.6 Å². The van der Waals surface area contributed by atoms with Crippen molar-refractivity contribution in [2.75, 3.05) is 16.8 Å². The molecular weight excluding hydrogens is 344 g/mol. The van der Waals surface area contributed by atoms with E-state index in [-0.39, 0.29) is 17.0 Å². The van der Waals surface area contributed by atoms with Crippen LogP contribution in [0.3, 0.4) is 0 Å². The molecule has 0 aliphatic carbocycles. The number of amides is 1. The summed E-state index contributed by atoms with van der Waals surface area (Å²) in [6.45, 7) is 3.72. The highest BCUT2D eigenvalue weighted by Crippen LogP contribution is 2.31. The van der Waals surface area contributed by atoms with E-state index in [4.69, 9.17) is 0 Å². The summed E-state index contributed by atoms with van der Waals surface area (Å²) in [6, 6.07) is 9.35. The van der Waals surface area contributed by atoms with Crippen molar-refractivity contribution >= 4 is 28.7 Å². The van der Waals surface area contributed by atoms with Crippen molar-refractivity contribution < 1.29 is 9.90 Å². The number of pyridine rings is 1. The van der Waals surface area contributed by atoms with Gasteiger partial charge in [0.2, 0.25) is 5.91 Å². The van der Waals surface area contributed by atoms with E-state index in [1.165, 1.54) is 4.40 Å². The number of carbonyl (C=O) groups excluding carboxylic acids is 1. The molecule has 1 aliphatic heterocycles. The van der Waals surface area contributed by atoms with Crippen LogP contribution in [0.5, 0.6) is 0 Å². The summed E-state index contributed by atoms with van der Waals surface area (Å²) in [4.78, 5) is 30.7. The molecule has 0 fully saturated rings. The Labute approximate surface area is 155 Å². The number of nitrogens with zero attached hydrogens (tertiary/aromatic N) is 3. The van der Waals surface area contributed by atoms with Crippen LogP contribution in [0, 0.1) is 6.92 Å². The number of hydrogen-bond acceptors (Lipinski definition) is 5. The second-order valence-corrected chi connectivity index (χ2v) is 6.73. The number of carbonyl (C=O) groups is 1. The van der Waals surface area contributed by atoms with E-state index in [0.29, 0.717) is 18.0 Å². The molecule has 1 amide bonds. The Morgan fingerprint density at radius 3 is 2.85 bits per heavy atom. The molecule has 3 heterocycles. The van der Waals surface area contributed by atoms with Gasteiger partial charge in [-0.2, -0.15) is 0 Å². The summed E-state index contributed by atoms with van der Waals surface area (Å²) in [5.74, 6) is 0.365. The molecule has 0 spiro atoms. The lowest BCUT2D eigenvalue weighted by atomic mass is 10.1. The van der Waals surface area contributed by atoms with Crippen molar-refractivity contribution in [3.8, 4) is 0 Å². The number of aromatic nitrogens is 2. The zero-order chi connectivity index (χ0) is 19.1. The van der Waals surface area contributed by atoms with Crippen LogP contribution in [0.4, 0.5) is 17.2 Å². The third-order valence-electron chi connectivity index (χ3n) is 4.84. The van der Waals surface area contributed by atoms with Crippen molar-refractivity contribution in [3.63, 3.8) is 0 Å². The van der Waals surface area contributed by atoms with Gasteiger partial charge in [-0.3, -0.25) is 14.0 Å². The number of rotatable bonds is 3.